The maximum Gasteiger partial charge on any atom is 0.261 e. The Kier molecular flexibility index (Phi) is 6.18. The second-order valence-corrected chi connectivity index (χ2v) is 9.33. The largest absolute Gasteiger partial charge is 0.382 e. The number of fused-ring (bicyclic) bond motifs is 1. The highest BCUT2D eigenvalue weighted by Crippen LogP contribution is 2.41. The Balaban J connectivity index is 1.50. The molecular weight excluding hydrogens is 467 g/mol. The molecule has 4 aromatic rings. The van der Waals surface area contributed by atoms with Crippen LogP contribution in [0, 0.1) is 17.1 Å². The first-order valence-electron chi connectivity index (χ1n) is 11.5. The van der Waals surface area contributed by atoms with Gasteiger partial charge in [0.25, 0.3) is 5.56 Å². The van der Waals surface area contributed by atoms with E-state index in [1.807, 2.05) is 35.0 Å². The van der Waals surface area contributed by atoms with Crippen LogP contribution in [0.3, 0.4) is 0 Å². The van der Waals surface area contributed by atoms with Gasteiger partial charge in [-0.3, -0.25) is 9.48 Å². The molecule has 9 heteroatoms. The van der Waals surface area contributed by atoms with Gasteiger partial charge in [0.1, 0.15) is 11.2 Å². The summed E-state index contributed by atoms with van der Waals surface area (Å²) < 4.78 is 15.8. The highest BCUT2D eigenvalue weighted by Gasteiger charge is 2.39. The third-order valence-electron chi connectivity index (χ3n) is 6.70. The van der Waals surface area contributed by atoms with Crippen LogP contribution in [-0.2, 0) is 5.54 Å². The fourth-order valence-corrected chi connectivity index (χ4v) is 5.03. The molecule has 35 heavy (non-hydrogen) atoms. The fourth-order valence-electron chi connectivity index (χ4n) is 4.92. The number of pyridine rings is 1. The zero-order valence-electron chi connectivity index (χ0n) is 18.9. The first kappa shape index (κ1) is 22.9. The number of aromatic amines is 1. The number of rotatable bonds is 6. The quantitative estimate of drug-likeness (QED) is 0.311. The first-order valence-corrected chi connectivity index (χ1v) is 11.9. The van der Waals surface area contributed by atoms with E-state index in [1.165, 1.54) is 12.1 Å². The summed E-state index contributed by atoms with van der Waals surface area (Å²) in [5.41, 5.74) is 1.27. The van der Waals surface area contributed by atoms with Crippen molar-refractivity contribution in [3.8, 4) is 6.07 Å². The van der Waals surface area contributed by atoms with Crippen molar-refractivity contribution in [2.75, 3.05) is 10.6 Å². The Hall–Kier alpha value is -3.83. The molecule has 0 amide bonds. The Labute approximate surface area is 206 Å². The van der Waals surface area contributed by atoms with Gasteiger partial charge >= 0.3 is 0 Å². The molecular formula is C26H24ClFN6O. The van der Waals surface area contributed by atoms with Crippen LogP contribution in [0.1, 0.15) is 32.1 Å². The van der Waals surface area contributed by atoms with Crippen molar-refractivity contribution in [3.05, 3.63) is 82.0 Å². The number of benzene rings is 2. The summed E-state index contributed by atoms with van der Waals surface area (Å²) in [4.78, 5) is 15.5. The smallest absolute Gasteiger partial charge is 0.261 e. The van der Waals surface area contributed by atoms with Gasteiger partial charge in [0, 0.05) is 23.6 Å². The van der Waals surface area contributed by atoms with Gasteiger partial charge < -0.3 is 15.6 Å². The van der Waals surface area contributed by atoms with E-state index < -0.39 is 11.4 Å². The first-order chi connectivity index (χ1) is 17.0. The summed E-state index contributed by atoms with van der Waals surface area (Å²) in [6, 6.07) is 18.8. The maximum atomic E-state index is 14.0. The second kappa shape index (κ2) is 9.43. The van der Waals surface area contributed by atoms with Crippen LogP contribution < -0.4 is 16.2 Å². The van der Waals surface area contributed by atoms with Gasteiger partial charge in [0.05, 0.1) is 28.6 Å². The van der Waals surface area contributed by atoms with Crippen molar-refractivity contribution < 1.29 is 4.39 Å². The topological polar surface area (TPSA) is 98.5 Å². The SMILES string of the molecule is N#CC[C@]1(n2nc(Nc3ccc(Cl)c(F)c3)c3c(=O)[nH]ccc32)CC[C@@H](Nc2ccccc2)CC1. The molecule has 2 aromatic heterocycles. The number of para-hydroxylation sites is 1. The fraction of sp³-hybridized carbons (Fsp3) is 0.269. The highest BCUT2D eigenvalue weighted by atomic mass is 35.5. The molecule has 7 nitrogen and oxygen atoms in total. The van der Waals surface area contributed by atoms with Crippen LogP contribution >= 0.6 is 11.6 Å². The Morgan fingerprint density at radius 1 is 1.17 bits per heavy atom. The zero-order valence-corrected chi connectivity index (χ0v) is 19.6. The lowest BCUT2D eigenvalue weighted by Crippen LogP contribution is -2.41. The normalized spacial score (nSPS) is 19.9. The van der Waals surface area contributed by atoms with Crippen molar-refractivity contribution in [1.82, 2.24) is 14.8 Å². The molecule has 0 spiro atoms. The molecule has 1 saturated carbocycles. The summed E-state index contributed by atoms with van der Waals surface area (Å²) in [5.74, 6) is -0.259. The molecule has 0 unspecified atom stereocenters. The third-order valence-corrected chi connectivity index (χ3v) is 7.01. The lowest BCUT2D eigenvalue weighted by atomic mass is 9.77. The molecule has 1 aliphatic carbocycles. The number of aromatic nitrogens is 3. The van der Waals surface area contributed by atoms with Crippen LogP contribution in [0.15, 0.2) is 65.6 Å². The van der Waals surface area contributed by atoms with Gasteiger partial charge in [-0.05, 0) is 62.1 Å². The summed E-state index contributed by atoms with van der Waals surface area (Å²) >= 11 is 5.81. The van der Waals surface area contributed by atoms with Gasteiger partial charge in [0.15, 0.2) is 5.82 Å². The van der Waals surface area contributed by atoms with Crippen molar-refractivity contribution >= 4 is 39.7 Å². The second-order valence-electron chi connectivity index (χ2n) is 8.93. The van der Waals surface area contributed by atoms with Crippen LogP contribution in [-0.4, -0.2) is 20.8 Å². The van der Waals surface area contributed by atoms with Gasteiger partial charge in [-0.15, -0.1) is 0 Å². The third kappa shape index (κ3) is 4.47. The minimum atomic E-state index is -0.570. The molecule has 0 saturated heterocycles. The predicted molar refractivity (Wildman–Crippen MR) is 136 cm³/mol. The lowest BCUT2D eigenvalue weighted by Gasteiger charge is -2.40. The van der Waals surface area contributed by atoms with Gasteiger partial charge in [-0.1, -0.05) is 29.8 Å². The number of anilines is 3. The Bertz CT molecular complexity index is 1450. The molecule has 1 aliphatic rings. The number of hydrogen-bond acceptors (Lipinski definition) is 5. The monoisotopic (exact) mass is 490 g/mol. The summed E-state index contributed by atoms with van der Waals surface area (Å²) in [6.45, 7) is 0. The van der Waals surface area contributed by atoms with E-state index in [2.05, 4.69) is 21.7 Å². The number of nitrogens with zero attached hydrogens (tertiary/aromatic N) is 3. The molecule has 0 atom stereocenters. The summed E-state index contributed by atoms with van der Waals surface area (Å²) in [6.07, 6.45) is 5.01. The summed E-state index contributed by atoms with van der Waals surface area (Å²) in [7, 11) is 0. The Morgan fingerprint density at radius 3 is 2.66 bits per heavy atom. The van der Waals surface area contributed by atoms with Crippen LogP contribution in [0.4, 0.5) is 21.6 Å². The average Bonchev–Trinajstić information content (AvgIpc) is 3.24. The molecule has 3 N–H and O–H groups in total. The standard InChI is InChI=1S/C26H24ClFN6O/c27-20-7-6-19(16-21(20)28)32-24-23-22(10-15-30-25(23)35)34(33-24)26(13-14-29)11-8-18(9-12-26)31-17-4-2-1-3-5-17/h1-7,10,15-16,18,31H,8-9,11-13H2,(H,30,35)(H,32,33)/t18-,26+. The number of hydrogen-bond donors (Lipinski definition) is 3. The van der Waals surface area contributed by atoms with Crippen molar-refractivity contribution in [2.45, 2.75) is 43.7 Å². The van der Waals surface area contributed by atoms with E-state index in [0.29, 0.717) is 22.4 Å². The molecule has 5 rings (SSSR count). The average molecular weight is 491 g/mol. The number of nitriles is 1. The van der Waals surface area contributed by atoms with Gasteiger partial charge in [0.2, 0.25) is 0 Å². The van der Waals surface area contributed by atoms with Gasteiger partial charge in [-0.2, -0.15) is 10.4 Å². The highest BCUT2D eigenvalue weighted by molar-refractivity contribution is 6.30. The number of H-pyrrole nitrogens is 1. The van der Waals surface area contributed by atoms with Crippen LogP contribution in [0.25, 0.3) is 10.9 Å². The minimum absolute atomic E-state index is 0.0117. The molecule has 0 aliphatic heterocycles. The van der Waals surface area contributed by atoms with Crippen molar-refractivity contribution in [3.63, 3.8) is 0 Å². The molecule has 2 heterocycles. The van der Waals surface area contributed by atoms with Crippen molar-refractivity contribution in [1.29, 1.82) is 5.26 Å². The molecule has 1 fully saturated rings. The number of nitrogens with one attached hydrogen (secondary N) is 3. The van der Waals surface area contributed by atoms with E-state index in [1.54, 1.807) is 18.3 Å². The molecule has 0 bridgehead atoms. The van der Waals surface area contributed by atoms with E-state index in [4.69, 9.17) is 16.7 Å². The molecule has 0 radical (unpaired) electrons. The number of halogens is 2. The maximum absolute atomic E-state index is 14.0. The van der Waals surface area contributed by atoms with Crippen molar-refractivity contribution in [2.24, 2.45) is 0 Å². The molecule has 178 valence electrons. The van der Waals surface area contributed by atoms with Crippen LogP contribution in [0.5, 0.6) is 0 Å². The van der Waals surface area contributed by atoms with E-state index >= 15 is 0 Å². The predicted octanol–water partition coefficient (Wildman–Crippen LogP) is 5.92. The van der Waals surface area contributed by atoms with Crippen LogP contribution in [0.2, 0.25) is 5.02 Å². The minimum Gasteiger partial charge on any atom is -0.382 e. The van der Waals surface area contributed by atoms with E-state index in [0.717, 1.165) is 31.4 Å². The lowest BCUT2D eigenvalue weighted by molar-refractivity contribution is 0.177. The molecule has 2 aromatic carbocycles. The zero-order chi connectivity index (χ0) is 24.4. The summed E-state index contributed by atoms with van der Waals surface area (Å²) in [5, 5.41) is 21.5. The van der Waals surface area contributed by atoms with E-state index in [-0.39, 0.29) is 23.0 Å². The Morgan fingerprint density at radius 2 is 1.94 bits per heavy atom. The van der Waals surface area contributed by atoms with E-state index in [9.17, 15) is 14.4 Å². The van der Waals surface area contributed by atoms with Gasteiger partial charge in [-0.25, -0.2) is 4.39 Å².